The number of benzene rings is 2. The molecule has 1 unspecified atom stereocenters. The van der Waals surface area contributed by atoms with E-state index in [0.29, 0.717) is 18.7 Å². The van der Waals surface area contributed by atoms with Crippen LogP contribution in [0.3, 0.4) is 0 Å². The van der Waals surface area contributed by atoms with Crippen molar-refractivity contribution in [2.24, 2.45) is 11.5 Å². The molecule has 0 aliphatic carbocycles. The first-order valence-corrected chi connectivity index (χ1v) is 9.09. The summed E-state index contributed by atoms with van der Waals surface area (Å²) in [6, 6.07) is 17.2. The fourth-order valence-electron chi connectivity index (χ4n) is 2.92. The summed E-state index contributed by atoms with van der Waals surface area (Å²) < 4.78 is 0. The molecule has 0 spiro atoms. The van der Waals surface area contributed by atoms with E-state index in [1.165, 1.54) is 0 Å². The molecule has 6 nitrogen and oxygen atoms in total. The number of hydrogen-bond donors (Lipinski definition) is 3. The Morgan fingerprint density at radius 1 is 1.07 bits per heavy atom. The molecule has 160 valence electrons. The summed E-state index contributed by atoms with van der Waals surface area (Å²) in [5, 5.41) is 2.87. The molecule has 0 aliphatic heterocycles. The highest BCUT2D eigenvalue weighted by molar-refractivity contribution is 5.98. The van der Waals surface area contributed by atoms with Crippen molar-refractivity contribution >= 4 is 48.0 Å². The minimum absolute atomic E-state index is 0. The molecule has 0 aromatic heterocycles. The summed E-state index contributed by atoms with van der Waals surface area (Å²) in [5.41, 5.74) is 13.1. The largest absolute Gasteiger partial charge is 0.368 e. The van der Waals surface area contributed by atoms with Crippen molar-refractivity contribution in [3.05, 3.63) is 60.2 Å². The molecule has 2 aromatic rings. The van der Waals surface area contributed by atoms with Gasteiger partial charge in [0.2, 0.25) is 11.8 Å². The summed E-state index contributed by atoms with van der Waals surface area (Å²) >= 11 is 0. The molecule has 1 atom stereocenters. The van der Waals surface area contributed by atoms with Gasteiger partial charge in [0.1, 0.15) is 0 Å². The smallest absolute Gasteiger partial charge is 0.244 e. The normalized spacial score (nSPS) is 12.0. The highest BCUT2D eigenvalue weighted by Crippen LogP contribution is 2.22. The average Bonchev–Trinajstić information content (AvgIpc) is 2.62. The van der Waals surface area contributed by atoms with Gasteiger partial charge in [-0.25, -0.2) is 0 Å². The Bertz CT molecular complexity index is 785. The number of carbonyl (C=O) groups is 2. The first kappa shape index (κ1) is 26.7. The summed E-state index contributed by atoms with van der Waals surface area (Å²) in [7, 11) is 0. The molecule has 0 bridgehead atoms. The van der Waals surface area contributed by atoms with E-state index in [4.69, 9.17) is 11.5 Å². The van der Waals surface area contributed by atoms with E-state index in [0.717, 1.165) is 17.7 Å². The van der Waals surface area contributed by atoms with Gasteiger partial charge in [-0.1, -0.05) is 49.7 Å². The topological polar surface area (TPSA) is 101 Å². The third-order valence-electron chi connectivity index (χ3n) is 4.32. The molecule has 29 heavy (non-hydrogen) atoms. The van der Waals surface area contributed by atoms with Crippen LogP contribution in [0.5, 0.6) is 0 Å². The van der Waals surface area contributed by atoms with E-state index in [1.807, 2.05) is 60.4 Å². The van der Waals surface area contributed by atoms with Crippen LogP contribution < -0.4 is 21.7 Å². The number of nitrogens with two attached hydrogens (primary N) is 2. The van der Waals surface area contributed by atoms with Gasteiger partial charge in [-0.15, -0.1) is 24.8 Å². The number of primary amides is 1. The Labute approximate surface area is 184 Å². The third kappa shape index (κ3) is 8.31. The predicted molar refractivity (Wildman–Crippen MR) is 124 cm³/mol. The summed E-state index contributed by atoms with van der Waals surface area (Å²) in [6.45, 7) is 4.33. The van der Waals surface area contributed by atoms with Crippen LogP contribution >= 0.6 is 24.8 Å². The fraction of sp³-hybridized carbons (Fsp3) is 0.333. The predicted octanol–water partition coefficient (Wildman–Crippen LogP) is 3.48. The minimum atomic E-state index is -0.929. The zero-order chi connectivity index (χ0) is 19.9. The van der Waals surface area contributed by atoms with Crippen LogP contribution in [0.4, 0.5) is 11.4 Å². The zero-order valence-electron chi connectivity index (χ0n) is 16.8. The van der Waals surface area contributed by atoms with Gasteiger partial charge in [-0.3, -0.25) is 9.59 Å². The monoisotopic (exact) mass is 440 g/mol. The van der Waals surface area contributed by atoms with Gasteiger partial charge >= 0.3 is 0 Å². The number of nitrogens with one attached hydrogen (secondary N) is 1. The Balaban J connectivity index is 0.00000392. The highest BCUT2D eigenvalue weighted by atomic mass is 35.5. The van der Waals surface area contributed by atoms with Gasteiger partial charge in [0, 0.05) is 17.9 Å². The zero-order valence-corrected chi connectivity index (χ0v) is 18.4. The Hall–Kier alpha value is -2.28. The molecule has 2 rings (SSSR count). The molecule has 0 saturated carbocycles. The van der Waals surface area contributed by atoms with E-state index < -0.39 is 11.4 Å². The molecule has 0 fully saturated rings. The Kier molecular flexibility index (Phi) is 11.3. The highest BCUT2D eigenvalue weighted by Gasteiger charge is 2.27. The molecular formula is C21H30Cl2N4O2. The van der Waals surface area contributed by atoms with Crippen LogP contribution in [-0.4, -0.2) is 23.9 Å². The lowest BCUT2D eigenvalue weighted by atomic mass is 9.96. The minimum Gasteiger partial charge on any atom is -0.368 e. The second kappa shape index (κ2) is 12.3. The van der Waals surface area contributed by atoms with Crippen LogP contribution in [0.2, 0.25) is 0 Å². The quantitative estimate of drug-likeness (QED) is 0.555. The second-order valence-electron chi connectivity index (χ2n) is 6.98. The number of halogens is 2. The van der Waals surface area contributed by atoms with E-state index >= 15 is 0 Å². The van der Waals surface area contributed by atoms with Gasteiger partial charge in [0.25, 0.3) is 0 Å². The van der Waals surface area contributed by atoms with E-state index in [1.54, 1.807) is 13.0 Å². The van der Waals surface area contributed by atoms with Crippen molar-refractivity contribution in [3.8, 4) is 0 Å². The number of nitrogens with zero attached hydrogens (tertiary/aromatic N) is 1. The first-order chi connectivity index (χ1) is 12.8. The maximum atomic E-state index is 12.5. The summed E-state index contributed by atoms with van der Waals surface area (Å²) in [6.07, 6.45) is 1.42. The van der Waals surface area contributed by atoms with Crippen molar-refractivity contribution in [2.75, 3.05) is 16.8 Å². The lowest BCUT2D eigenvalue weighted by Gasteiger charge is -2.25. The van der Waals surface area contributed by atoms with Gasteiger partial charge in [-0.2, -0.15) is 0 Å². The first-order valence-electron chi connectivity index (χ1n) is 9.09. The number of carbonyl (C=O) groups excluding carboxylic acids is 2. The average molecular weight is 441 g/mol. The van der Waals surface area contributed by atoms with Crippen molar-refractivity contribution in [3.63, 3.8) is 0 Å². The number of anilines is 2. The maximum Gasteiger partial charge on any atom is 0.244 e. The van der Waals surface area contributed by atoms with Gasteiger partial charge in [0.05, 0.1) is 12.1 Å². The maximum absolute atomic E-state index is 12.5. The molecule has 0 radical (unpaired) electrons. The summed E-state index contributed by atoms with van der Waals surface area (Å²) in [5.74, 6) is -0.649. The van der Waals surface area contributed by atoms with Crippen LogP contribution in [-0.2, 0) is 16.1 Å². The Morgan fingerprint density at radius 3 is 2.31 bits per heavy atom. The molecule has 2 aromatic carbocycles. The summed E-state index contributed by atoms with van der Waals surface area (Å²) in [4.78, 5) is 25.9. The number of rotatable bonds is 9. The molecule has 2 amide bonds. The Morgan fingerprint density at radius 2 is 1.72 bits per heavy atom. The number of amides is 2. The van der Waals surface area contributed by atoms with E-state index in [9.17, 15) is 9.59 Å². The second-order valence-corrected chi connectivity index (χ2v) is 6.98. The van der Waals surface area contributed by atoms with Crippen LogP contribution in [0.1, 0.15) is 32.3 Å². The van der Waals surface area contributed by atoms with Crippen molar-refractivity contribution in [2.45, 2.75) is 38.8 Å². The third-order valence-corrected chi connectivity index (χ3v) is 4.32. The molecule has 0 heterocycles. The van der Waals surface area contributed by atoms with Crippen molar-refractivity contribution in [1.82, 2.24) is 0 Å². The molecule has 5 N–H and O–H groups in total. The van der Waals surface area contributed by atoms with E-state index in [2.05, 4.69) is 5.32 Å². The van der Waals surface area contributed by atoms with Crippen LogP contribution in [0.25, 0.3) is 0 Å². The molecule has 8 heteroatoms. The lowest BCUT2D eigenvalue weighted by molar-refractivity contribution is -0.121. The van der Waals surface area contributed by atoms with Crippen LogP contribution in [0, 0.1) is 0 Å². The SMILES string of the molecule is CCCC(C)(N)C(=O)Nc1cccc(N(CC(N)=O)Cc2ccccc2)c1.Cl.Cl. The van der Waals surface area contributed by atoms with Gasteiger partial charge in [0.15, 0.2) is 0 Å². The lowest BCUT2D eigenvalue weighted by Crippen LogP contribution is -2.48. The number of hydrogen-bond acceptors (Lipinski definition) is 4. The standard InChI is InChI=1S/C21H28N4O2.2ClH/c1-3-12-21(2,23)20(27)24-17-10-7-11-18(13-17)25(15-19(22)26)14-16-8-5-4-6-9-16;;/h4-11,13H,3,12,14-15,23H2,1-2H3,(H2,22,26)(H,24,27);2*1H. The van der Waals surface area contributed by atoms with Crippen molar-refractivity contribution < 1.29 is 9.59 Å². The molecular weight excluding hydrogens is 411 g/mol. The molecule has 0 saturated heterocycles. The van der Waals surface area contributed by atoms with Gasteiger partial charge < -0.3 is 21.7 Å². The van der Waals surface area contributed by atoms with E-state index in [-0.39, 0.29) is 37.3 Å². The van der Waals surface area contributed by atoms with Crippen molar-refractivity contribution in [1.29, 1.82) is 0 Å². The fourth-order valence-corrected chi connectivity index (χ4v) is 2.92. The molecule has 0 aliphatic rings. The van der Waals surface area contributed by atoms with Gasteiger partial charge in [-0.05, 0) is 37.1 Å². The van der Waals surface area contributed by atoms with Crippen LogP contribution in [0.15, 0.2) is 54.6 Å².